The van der Waals surface area contributed by atoms with Crippen LogP contribution < -0.4 is 15.1 Å². The molecule has 2 aromatic rings. The van der Waals surface area contributed by atoms with Crippen molar-refractivity contribution in [1.29, 1.82) is 0 Å². The van der Waals surface area contributed by atoms with Crippen LogP contribution in [0.2, 0.25) is 0 Å². The molecule has 0 radical (unpaired) electrons. The van der Waals surface area contributed by atoms with Crippen molar-refractivity contribution < 1.29 is 4.79 Å². The highest BCUT2D eigenvalue weighted by Crippen LogP contribution is 2.22. The maximum Gasteiger partial charge on any atom is 0.257 e. The predicted molar refractivity (Wildman–Crippen MR) is 119 cm³/mol. The Morgan fingerprint density at radius 2 is 1.76 bits per heavy atom. The van der Waals surface area contributed by atoms with Crippen LogP contribution in [0.1, 0.15) is 30.1 Å². The number of aromatic nitrogens is 1. The topological polar surface area (TPSA) is 51.7 Å². The molecule has 2 aliphatic heterocycles. The van der Waals surface area contributed by atoms with Gasteiger partial charge in [0, 0.05) is 56.8 Å². The van der Waals surface area contributed by atoms with E-state index in [-0.39, 0.29) is 5.91 Å². The Balaban J connectivity index is 1.35. The van der Waals surface area contributed by atoms with Gasteiger partial charge in [-0.25, -0.2) is 4.98 Å². The molecule has 1 atom stereocenters. The number of hydrogen-bond donors (Lipinski definition) is 1. The van der Waals surface area contributed by atoms with Crippen LogP contribution in [-0.4, -0.2) is 62.1 Å². The number of nitrogens with zero attached hydrogens (tertiary/aromatic N) is 4. The van der Waals surface area contributed by atoms with Crippen molar-refractivity contribution in [3.63, 3.8) is 0 Å². The Bertz CT molecular complexity index is 812. The van der Waals surface area contributed by atoms with E-state index in [1.54, 1.807) is 6.20 Å². The molecule has 0 saturated carbocycles. The fourth-order valence-corrected chi connectivity index (χ4v) is 4.13. The molecule has 2 aliphatic rings. The van der Waals surface area contributed by atoms with E-state index < -0.39 is 0 Å². The summed E-state index contributed by atoms with van der Waals surface area (Å²) in [5.74, 6) is 1.54. The lowest BCUT2D eigenvalue weighted by Gasteiger charge is -2.34. The maximum atomic E-state index is 12.6. The smallest absolute Gasteiger partial charge is 0.257 e. The zero-order chi connectivity index (χ0) is 20.2. The number of hydrogen-bond acceptors (Lipinski definition) is 5. The van der Waals surface area contributed by atoms with Crippen LogP contribution in [0.4, 0.5) is 17.2 Å². The minimum atomic E-state index is -0.122. The summed E-state index contributed by atoms with van der Waals surface area (Å²) in [6.45, 7) is 8.60. The molecule has 0 bridgehead atoms. The molecule has 29 heavy (non-hydrogen) atoms. The minimum absolute atomic E-state index is 0.122. The molecule has 1 amide bonds. The van der Waals surface area contributed by atoms with Gasteiger partial charge in [0.1, 0.15) is 5.82 Å². The number of piperidine rings is 1. The van der Waals surface area contributed by atoms with Crippen molar-refractivity contribution in [2.24, 2.45) is 5.92 Å². The molecule has 4 rings (SSSR count). The minimum Gasteiger partial charge on any atom is -0.369 e. The van der Waals surface area contributed by atoms with Crippen LogP contribution in [0, 0.1) is 5.92 Å². The molecule has 1 aromatic heterocycles. The van der Waals surface area contributed by atoms with Gasteiger partial charge in [0.05, 0.1) is 5.56 Å². The third-order valence-electron chi connectivity index (χ3n) is 5.98. The fourth-order valence-electron chi connectivity index (χ4n) is 4.13. The number of likely N-dealkylation sites (N-methyl/N-ethyl adjacent to an activating group) is 1. The van der Waals surface area contributed by atoms with Crippen LogP contribution in [0.5, 0.6) is 0 Å². The lowest BCUT2D eigenvalue weighted by atomic mass is 10.0. The standard InChI is InChI=1S/C23H31N5O/c1-18-4-3-11-28(17-18)22-10-5-19(16-24-22)23(29)25-20-6-8-21(9-7-20)27-14-12-26(2)13-15-27/h5-10,16,18H,3-4,11-15,17H2,1-2H3,(H,25,29). The summed E-state index contributed by atoms with van der Waals surface area (Å²) >= 11 is 0. The zero-order valence-corrected chi connectivity index (χ0v) is 17.5. The van der Waals surface area contributed by atoms with Crippen molar-refractivity contribution in [3.8, 4) is 0 Å². The van der Waals surface area contributed by atoms with Crippen molar-refractivity contribution in [2.75, 3.05) is 61.4 Å². The number of pyridine rings is 1. The second-order valence-electron chi connectivity index (χ2n) is 8.39. The number of anilines is 3. The van der Waals surface area contributed by atoms with E-state index in [0.29, 0.717) is 11.5 Å². The predicted octanol–water partition coefficient (Wildman–Crippen LogP) is 3.32. The lowest BCUT2D eigenvalue weighted by molar-refractivity contribution is 0.102. The molecule has 1 N–H and O–H groups in total. The van der Waals surface area contributed by atoms with Crippen molar-refractivity contribution in [1.82, 2.24) is 9.88 Å². The highest BCUT2D eigenvalue weighted by Gasteiger charge is 2.18. The Morgan fingerprint density at radius 3 is 2.41 bits per heavy atom. The molecular weight excluding hydrogens is 362 g/mol. The first-order valence-electron chi connectivity index (χ1n) is 10.6. The molecule has 6 nitrogen and oxygen atoms in total. The summed E-state index contributed by atoms with van der Waals surface area (Å²) in [7, 11) is 2.16. The summed E-state index contributed by atoms with van der Waals surface area (Å²) in [5.41, 5.74) is 2.60. The number of amides is 1. The molecular formula is C23H31N5O. The van der Waals surface area contributed by atoms with Gasteiger partial charge in [-0.2, -0.15) is 0 Å². The third-order valence-corrected chi connectivity index (χ3v) is 5.98. The van der Waals surface area contributed by atoms with Gasteiger partial charge < -0.3 is 20.0 Å². The van der Waals surface area contributed by atoms with E-state index in [1.165, 1.54) is 18.5 Å². The van der Waals surface area contributed by atoms with Crippen molar-refractivity contribution >= 4 is 23.1 Å². The monoisotopic (exact) mass is 393 g/mol. The lowest BCUT2D eigenvalue weighted by Crippen LogP contribution is -2.44. The summed E-state index contributed by atoms with van der Waals surface area (Å²) in [6, 6.07) is 11.9. The van der Waals surface area contributed by atoms with Crippen molar-refractivity contribution in [3.05, 3.63) is 48.2 Å². The Kier molecular flexibility index (Phi) is 6.00. The van der Waals surface area contributed by atoms with Gasteiger partial charge in [0.25, 0.3) is 5.91 Å². The van der Waals surface area contributed by atoms with Gasteiger partial charge in [-0.1, -0.05) is 6.92 Å². The van der Waals surface area contributed by atoms with E-state index in [2.05, 4.69) is 51.1 Å². The normalized spacial score (nSPS) is 20.6. The van der Waals surface area contributed by atoms with Crippen LogP contribution in [0.15, 0.2) is 42.6 Å². The molecule has 3 heterocycles. The van der Waals surface area contributed by atoms with Crippen LogP contribution in [-0.2, 0) is 0 Å². The summed E-state index contributed by atoms with van der Waals surface area (Å²) in [5, 5.41) is 2.98. The molecule has 1 aromatic carbocycles. The van der Waals surface area contributed by atoms with Crippen LogP contribution in [0.25, 0.3) is 0 Å². The summed E-state index contributed by atoms with van der Waals surface area (Å²) in [4.78, 5) is 24.2. The first-order valence-corrected chi connectivity index (χ1v) is 10.6. The number of nitrogens with one attached hydrogen (secondary N) is 1. The molecule has 6 heteroatoms. The van der Waals surface area contributed by atoms with Gasteiger partial charge in [-0.05, 0) is 62.2 Å². The summed E-state index contributed by atoms with van der Waals surface area (Å²) in [6.07, 6.45) is 4.17. The molecule has 2 fully saturated rings. The van der Waals surface area contributed by atoms with Gasteiger partial charge >= 0.3 is 0 Å². The molecule has 1 unspecified atom stereocenters. The second kappa shape index (κ2) is 8.82. The Morgan fingerprint density at radius 1 is 1.00 bits per heavy atom. The van der Waals surface area contributed by atoms with Gasteiger partial charge in [0.15, 0.2) is 0 Å². The largest absolute Gasteiger partial charge is 0.369 e. The van der Waals surface area contributed by atoms with Gasteiger partial charge in [-0.15, -0.1) is 0 Å². The summed E-state index contributed by atoms with van der Waals surface area (Å²) < 4.78 is 0. The average Bonchev–Trinajstić information content (AvgIpc) is 2.75. The SMILES string of the molecule is CC1CCCN(c2ccc(C(=O)Nc3ccc(N4CCN(C)CC4)cc3)cn2)C1. The van der Waals surface area contributed by atoms with Gasteiger partial charge in [0.2, 0.25) is 0 Å². The van der Waals surface area contributed by atoms with Crippen LogP contribution >= 0.6 is 0 Å². The second-order valence-corrected chi connectivity index (χ2v) is 8.39. The maximum absolute atomic E-state index is 12.6. The number of carbonyl (C=O) groups excluding carboxylic acids is 1. The number of piperazine rings is 1. The third kappa shape index (κ3) is 4.88. The van der Waals surface area contributed by atoms with Crippen LogP contribution in [0.3, 0.4) is 0 Å². The zero-order valence-electron chi connectivity index (χ0n) is 17.5. The Hall–Kier alpha value is -2.60. The average molecular weight is 394 g/mol. The molecule has 2 saturated heterocycles. The van der Waals surface area contributed by atoms with E-state index in [0.717, 1.165) is 50.8 Å². The molecule has 0 spiro atoms. The molecule has 0 aliphatic carbocycles. The first kappa shape index (κ1) is 19.7. The van der Waals surface area contributed by atoms with E-state index in [9.17, 15) is 4.79 Å². The number of benzene rings is 1. The number of carbonyl (C=O) groups is 1. The van der Waals surface area contributed by atoms with Gasteiger partial charge in [-0.3, -0.25) is 4.79 Å². The quantitative estimate of drug-likeness (QED) is 0.864. The highest BCUT2D eigenvalue weighted by atomic mass is 16.1. The van der Waals surface area contributed by atoms with E-state index in [4.69, 9.17) is 0 Å². The van der Waals surface area contributed by atoms with Crippen molar-refractivity contribution in [2.45, 2.75) is 19.8 Å². The van der Waals surface area contributed by atoms with E-state index >= 15 is 0 Å². The first-order chi connectivity index (χ1) is 14.1. The number of rotatable bonds is 4. The molecule has 154 valence electrons. The van der Waals surface area contributed by atoms with E-state index in [1.807, 2.05) is 24.3 Å². The fraction of sp³-hybridized carbons (Fsp3) is 0.478. The Labute approximate surface area is 173 Å². The highest BCUT2D eigenvalue weighted by molar-refractivity contribution is 6.04.